The summed E-state index contributed by atoms with van der Waals surface area (Å²) in [6, 6.07) is 12.6. The lowest BCUT2D eigenvalue weighted by atomic mass is 10.2. The third kappa shape index (κ3) is 4.78. The van der Waals surface area contributed by atoms with Gasteiger partial charge in [-0.25, -0.2) is 0 Å². The molecule has 0 saturated carbocycles. The van der Waals surface area contributed by atoms with E-state index in [-0.39, 0.29) is 11.7 Å². The van der Waals surface area contributed by atoms with E-state index in [4.69, 9.17) is 27.7 Å². The van der Waals surface area contributed by atoms with Gasteiger partial charge >= 0.3 is 0 Å². The van der Waals surface area contributed by atoms with Gasteiger partial charge in [-0.05, 0) is 48.9 Å². The summed E-state index contributed by atoms with van der Waals surface area (Å²) in [5, 5.41) is 8.06. The van der Waals surface area contributed by atoms with Crippen molar-refractivity contribution >= 4 is 46.6 Å². The van der Waals surface area contributed by atoms with Gasteiger partial charge in [-0.15, -0.1) is 11.8 Å². The van der Waals surface area contributed by atoms with Crippen LogP contribution in [0.15, 0.2) is 47.0 Å². The third-order valence-electron chi connectivity index (χ3n) is 3.57. The minimum Gasteiger partial charge on any atom is -0.338 e. The minimum atomic E-state index is -0.113. The number of carbonyl (C=O) groups excluding carboxylic acids is 1. The van der Waals surface area contributed by atoms with Crippen molar-refractivity contribution in [2.75, 3.05) is 11.1 Å². The molecule has 3 rings (SSSR count). The number of aromatic nitrogens is 2. The Morgan fingerprint density at radius 3 is 2.73 bits per heavy atom. The van der Waals surface area contributed by atoms with Gasteiger partial charge in [0.05, 0.1) is 11.5 Å². The van der Waals surface area contributed by atoms with Crippen molar-refractivity contribution in [3.05, 3.63) is 64.0 Å². The molecule has 134 valence electrons. The highest BCUT2D eigenvalue weighted by molar-refractivity contribution is 7.99. The Labute approximate surface area is 165 Å². The molecule has 8 heteroatoms. The van der Waals surface area contributed by atoms with Crippen LogP contribution in [0.2, 0.25) is 10.0 Å². The summed E-state index contributed by atoms with van der Waals surface area (Å²) in [6.45, 7) is 1.86. The van der Waals surface area contributed by atoms with Gasteiger partial charge in [0.1, 0.15) is 0 Å². The molecule has 0 fully saturated rings. The van der Waals surface area contributed by atoms with E-state index in [1.807, 2.05) is 25.1 Å². The van der Waals surface area contributed by atoms with Crippen LogP contribution in [0.5, 0.6) is 0 Å². The predicted octanol–water partition coefficient (Wildman–Crippen LogP) is 5.22. The van der Waals surface area contributed by atoms with E-state index < -0.39 is 0 Å². The smallest absolute Gasteiger partial charge is 0.236 e. The van der Waals surface area contributed by atoms with Crippen molar-refractivity contribution in [2.24, 2.45) is 0 Å². The van der Waals surface area contributed by atoms with Gasteiger partial charge in [0.25, 0.3) is 0 Å². The van der Waals surface area contributed by atoms with Gasteiger partial charge in [-0.2, -0.15) is 4.98 Å². The van der Waals surface area contributed by atoms with E-state index in [1.165, 1.54) is 11.8 Å². The van der Waals surface area contributed by atoms with E-state index in [0.29, 0.717) is 33.2 Å². The quantitative estimate of drug-likeness (QED) is 0.606. The Kier molecular flexibility index (Phi) is 6.19. The first-order chi connectivity index (χ1) is 12.5. The zero-order valence-electron chi connectivity index (χ0n) is 13.8. The van der Waals surface area contributed by atoms with E-state index >= 15 is 0 Å². The number of amides is 1. The van der Waals surface area contributed by atoms with Crippen molar-refractivity contribution in [1.29, 1.82) is 0 Å². The first-order valence-corrected chi connectivity index (χ1v) is 9.65. The van der Waals surface area contributed by atoms with Crippen molar-refractivity contribution < 1.29 is 9.32 Å². The average Bonchev–Trinajstić information content (AvgIpc) is 3.08. The lowest BCUT2D eigenvalue weighted by Crippen LogP contribution is -2.15. The molecule has 0 aliphatic carbocycles. The molecule has 1 amide bonds. The van der Waals surface area contributed by atoms with Gasteiger partial charge in [0.15, 0.2) is 0 Å². The van der Waals surface area contributed by atoms with E-state index in [0.717, 1.165) is 11.1 Å². The Balaban J connectivity index is 1.51. The molecular weight excluding hydrogens is 393 g/mol. The maximum Gasteiger partial charge on any atom is 0.236 e. The van der Waals surface area contributed by atoms with Gasteiger partial charge in [-0.1, -0.05) is 34.4 Å². The second-order valence-electron chi connectivity index (χ2n) is 5.47. The summed E-state index contributed by atoms with van der Waals surface area (Å²) in [6.07, 6.45) is 0. The lowest BCUT2D eigenvalue weighted by molar-refractivity contribution is -0.113. The van der Waals surface area contributed by atoms with Gasteiger partial charge < -0.3 is 9.84 Å². The molecule has 0 saturated heterocycles. The normalized spacial score (nSPS) is 10.7. The van der Waals surface area contributed by atoms with Gasteiger partial charge in [-0.3, -0.25) is 4.79 Å². The molecule has 0 bridgehead atoms. The summed E-state index contributed by atoms with van der Waals surface area (Å²) in [5.41, 5.74) is 2.38. The number of rotatable bonds is 6. The third-order valence-corrected chi connectivity index (χ3v) is 5.15. The summed E-state index contributed by atoms with van der Waals surface area (Å²) >= 11 is 13.3. The number of nitrogens with one attached hydrogen (secondary N) is 1. The van der Waals surface area contributed by atoms with Crippen LogP contribution in [-0.2, 0) is 10.5 Å². The van der Waals surface area contributed by atoms with E-state index in [2.05, 4.69) is 15.5 Å². The first-order valence-electron chi connectivity index (χ1n) is 7.74. The molecule has 5 nitrogen and oxygen atoms in total. The molecule has 0 spiro atoms. The summed E-state index contributed by atoms with van der Waals surface area (Å²) in [4.78, 5) is 16.4. The molecule has 0 aliphatic rings. The zero-order chi connectivity index (χ0) is 18.5. The maximum absolute atomic E-state index is 12.1. The zero-order valence-corrected chi connectivity index (χ0v) is 16.2. The number of thioether (sulfide) groups is 1. The number of nitrogens with zero attached hydrogens (tertiary/aromatic N) is 2. The van der Waals surface area contributed by atoms with Crippen LogP contribution in [0.1, 0.15) is 11.5 Å². The highest BCUT2D eigenvalue weighted by atomic mass is 35.5. The molecule has 0 atom stereocenters. The van der Waals surface area contributed by atoms with Crippen molar-refractivity contribution in [3.63, 3.8) is 0 Å². The molecule has 3 aromatic rings. The average molecular weight is 408 g/mol. The molecule has 1 heterocycles. The molecular formula is C18H15Cl2N3O2S. The van der Waals surface area contributed by atoms with Crippen LogP contribution in [0.25, 0.3) is 11.4 Å². The Hall–Kier alpha value is -2.02. The van der Waals surface area contributed by atoms with Crippen LogP contribution < -0.4 is 5.32 Å². The minimum absolute atomic E-state index is 0.113. The highest BCUT2D eigenvalue weighted by Gasteiger charge is 2.11. The Bertz CT molecular complexity index is 913. The fourth-order valence-corrected chi connectivity index (χ4v) is 3.14. The van der Waals surface area contributed by atoms with Gasteiger partial charge in [0.2, 0.25) is 17.6 Å². The molecule has 1 aromatic heterocycles. The predicted molar refractivity (Wildman–Crippen MR) is 106 cm³/mol. The Morgan fingerprint density at radius 2 is 1.96 bits per heavy atom. The summed E-state index contributed by atoms with van der Waals surface area (Å²) in [7, 11) is 0. The maximum atomic E-state index is 12.1. The summed E-state index contributed by atoms with van der Waals surface area (Å²) in [5.74, 6) is 1.56. The van der Waals surface area contributed by atoms with Crippen LogP contribution in [0.3, 0.4) is 0 Å². The van der Waals surface area contributed by atoms with E-state index in [1.54, 1.807) is 24.3 Å². The lowest BCUT2D eigenvalue weighted by Gasteiger charge is -2.08. The molecule has 26 heavy (non-hydrogen) atoms. The first kappa shape index (κ1) is 18.8. The molecule has 0 aliphatic heterocycles. The molecule has 0 radical (unpaired) electrons. The topological polar surface area (TPSA) is 68.0 Å². The number of anilines is 1. The SMILES string of the molecule is Cc1c(Cl)cccc1NC(=O)CSCc1nc(-c2ccc(Cl)cc2)no1. The number of hydrogen-bond acceptors (Lipinski definition) is 5. The number of benzene rings is 2. The largest absolute Gasteiger partial charge is 0.338 e. The van der Waals surface area contributed by atoms with Crippen LogP contribution in [0, 0.1) is 6.92 Å². The van der Waals surface area contributed by atoms with Crippen molar-refractivity contribution in [3.8, 4) is 11.4 Å². The fourth-order valence-electron chi connectivity index (χ4n) is 2.19. The second-order valence-corrected chi connectivity index (χ2v) is 7.30. The van der Waals surface area contributed by atoms with Crippen LogP contribution in [0.4, 0.5) is 5.69 Å². The molecule has 0 unspecified atom stereocenters. The van der Waals surface area contributed by atoms with Gasteiger partial charge in [0, 0.05) is 21.3 Å². The van der Waals surface area contributed by atoms with E-state index in [9.17, 15) is 4.79 Å². The number of halogens is 2. The van der Waals surface area contributed by atoms with Crippen LogP contribution >= 0.6 is 35.0 Å². The molecule has 1 N–H and O–H groups in total. The standard InChI is InChI=1S/C18H15Cl2N3O2S/c1-11-14(20)3-2-4-15(11)21-16(24)9-26-10-17-22-18(23-25-17)12-5-7-13(19)8-6-12/h2-8H,9-10H2,1H3,(H,21,24). The summed E-state index contributed by atoms with van der Waals surface area (Å²) < 4.78 is 5.22. The van der Waals surface area contributed by atoms with Crippen LogP contribution in [-0.4, -0.2) is 21.8 Å². The van der Waals surface area contributed by atoms with Crippen molar-refractivity contribution in [1.82, 2.24) is 10.1 Å². The monoisotopic (exact) mass is 407 g/mol. The second kappa shape index (κ2) is 8.58. The van der Waals surface area contributed by atoms with Crippen molar-refractivity contribution in [2.45, 2.75) is 12.7 Å². The molecule has 2 aromatic carbocycles. The Morgan fingerprint density at radius 1 is 1.19 bits per heavy atom. The fraction of sp³-hybridized carbons (Fsp3) is 0.167. The number of hydrogen-bond donors (Lipinski definition) is 1. The highest BCUT2D eigenvalue weighted by Crippen LogP contribution is 2.23. The number of carbonyl (C=O) groups is 1.